The van der Waals surface area contributed by atoms with Crippen LogP contribution in [0, 0.1) is 0 Å². The summed E-state index contributed by atoms with van der Waals surface area (Å²) in [4.78, 5) is 12.2. The fraction of sp³-hybridized carbons (Fsp3) is 0.409. The first-order valence-electron chi connectivity index (χ1n) is 9.28. The van der Waals surface area contributed by atoms with E-state index in [4.69, 9.17) is 18.9 Å². The number of nitrogens with one attached hydrogen (secondary N) is 1. The number of amides is 1. The Hall–Kier alpha value is -2.89. The van der Waals surface area contributed by atoms with Crippen LogP contribution in [0.4, 0.5) is 0 Å². The second kappa shape index (κ2) is 10.4. The van der Waals surface area contributed by atoms with Gasteiger partial charge in [0.15, 0.2) is 23.0 Å². The molecule has 6 heteroatoms. The van der Waals surface area contributed by atoms with Crippen LogP contribution in [0.15, 0.2) is 36.4 Å². The highest BCUT2D eigenvalue weighted by molar-refractivity contribution is 5.78. The van der Waals surface area contributed by atoms with Crippen LogP contribution < -0.4 is 24.3 Å². The van der Waals surface area contributed by atoms with Crippen molar-refractivity contribution in [1.82, 2.24) is 5.32 Å². The van der Waals surface area contributed by atoms with Crippen molar-refractivity contribution in [3.05, 3.63) is 47.5 Å². The van der Waals surface area contributed by atoms with Gasteiger partial charge in [0.25, 0.3) is 0 Å². The lowest BCUT2D eigenvalue weighted by Gasteiger charge is -2.14. The van der Waals surface area contributed by atoms with Crippen LogP contribution in [-0.2, 0) is 17.6 Å². The molecule has 0 fully saturated rings. The van der Waals surface area contributed by atoms with E-state index in [0.717, 1.165) is 16.9 Å². The molecular formula is C22H29NO5. The van der Waals surface area contributed by atoms with Crippen molar-refractivity contribution in [3.8, 4) is 23.0 Å². The predicted octanol–water partition coefficient (Wildman–Crippen LogP) is 3.40. The van der Waals surface area contributed by atoms with E-state index in [-0.39, 0.29) is 18.4 Å². The molecule has 2 aromatic rings. The van der Waals surface area contributed by atoms with Gasteiger partial charge in [0.1, 0.15) is 0 Å². The van der Waals surface area contributed by atoms with Crippen LogP contribution in [0.5, 0.6) is 23.0 Å². The van der Waals surface area contributed by atoms with Gasteiger partial charge in [-0.3, -0.25) is 4.79 Å². The normalized spacial score (nSPS) is 10.5. The van der Waals surface area contributed by atoms with Crippen molar-refractivity contribution in [1.29, 1.82) is 0 Å². The van der Waals surface area contributed by atoms with E-state index in [9.17, 15) is 4.79 Å². The second-order valence-corrected chi connectivity index (χ2v) is 6.62. The largest absolute Gasteiger partial charge is 0.493 e. The van der Waals surface area contributed by atoms with E-state index < -0.39 is 0 Å². The molecule has 2 rings (SSSR count). The Balaban J connectivity index is 1.88. The molecule has 0 atom stereocenters. The minimum absolute atomic E-state index is 0.0426. The molecule has 0 aromatic heterocycles. The molecule has 0 aliphatic heterocycles. The standard InChI is InChI=1S/C22H29NO5/c1-15(2)28-19-9-6-16(12-21(19)27-5)10-11-23-22(24)14-17-7-8-18(25-3)20(13-17)26-4/h6-9,12-13,15H,10-11,14H2,1-5H3,(H,23,24). The molecule has 152 valence electrons. The third-order valence-corrected chi connectivity index (χ3v) is 4.14. The third-order valence-electron chi connectivity index (χ3n) is 4.14. The van der Waals surface area contributed by atoms with E-state index >= 15 is 0 Å². The summed E-state index contributed by atoms with van der Waals surface area (Å²) in [6.07, 6.45) is 1.07. The molecule has 0 unspecified atom stereocenters. The SMILES string of the molecule is COc1ccc(CC(=O)NCCc2ccc(OC(C)C)c(OC)c2)cc1OC. The van der Waals surface area contributed by atoms with Crippen molar-refractivity contribution < 1.29 is 23.7 Å². The van der Waals surface area contributed by atoms with Gasteiger partial charge in [-0.25, -0.2) is 0 Å². The van der Waals surface area contributed by atoms with Gasteiger partial charge >= 0.3 is 0 Å². The topological polar surface area (TPSA) is 66.0 Å². The summed E-state index contributed by atoms with van der Waals surface area (Å²) in [5, 5.41) is 2.95. The molecule has 28 heavy (non-hydrogen) atoms. The van der Waals surface area contributed by atoms with Crippen LogP contribution in [0.1, 0.15) is 25.0 Å². The van der Waals surface area contributed by atoms with Crippen LogP contribution >= 0.6 is 0 Å². The Morgan fingerprint density at radius 3 is 2.07 bits per heavy atom. The van der Waals surface area contributed by atoms with Crippen molar-refractivity contribution >= 4 is 5.91 Å². The number of carbonyl (C=O) groups excluding carboxylic acids is 1. The molecule has 6 nitrogen and oxygen atoms in total. The summed E-state index contributed by atoms with van der Waals surface area (Å²) < 4.78 is 21.6. The van der Waals surface area contributed by atoms with Gasteiger partial charge in [-0.05, 0) is 55.7 Å². The van der Waals surface area contributed by atoms with Crippen LogP contribution in [0.2, 0.25) is 0 Å². The molecule has 1 N–H and O–H groups in total. The van der Waals surface area contributed by atoms with Gasteiger partial charge in [0.05, 0.1) is 33.9 Å². The highest BCUT2D eigenvalue weighted by Crippen LogP contribution is 2.29. The quantitative estimate of drug-likeness (QED) is 0.677. The predicted molar refractivity (Wildman–Crippen MR) is 109 cm³/mol. The minimum Gasteiger partial charge on any atom is -0.493 e. The number of carbonyl (C=O) groups is 1. The average Bonchev–Trinajstić information content (AvgIpc) is 2.68. The Labute approximate surface area is 166 Å². The Bertz CT molecular complexity index is 788. The van der Waals surface area contributed by atoms with Gasteiger partial charge in [-0.15, -0.1) is 0 Å². The maximum absolute atomic E-state index is 12.2. The number of hydrogen-bond donors (Lipinski definition) is 1. The molecule has 0 heterocycles. The molecule has 0 spiro atoms. The number of hydrogen-bond acceptors (Lipinski definition) is 5. The Morgan fingerprint density at radius 1 is 0.857 bits per heavy atom. The zero-order chi connectivity index (χ0) is 20.5. The number of ether oxygens (including phenoxy) is 4. The van der Waals surface area contributed by atoms with Gasteiger partial charge in [-0.2, -0.15) is 0 Å². The van der Waals surface area contributed by atoms with E-state index in [0.29, 0.717) is 30.2 Å². The zero-order valence-corrected chi connectivity index (χ0v) is 17.2. The first kappa shape index (κ1) is 21.4. The van der Waals surface area contributed by atoms with Crippen molar-refractivity contribution in [2.24, 2.45) is 0 Å². The first-order valence-corrected chi connectivity index (χ1v) is 9.28. The van der Waals surface area contributed by atoms with E-state index in [2.05, 4.69) is 5.32 Å². The summed E-state index contributed by atoms with van der Waals surface area (Å²) in [6, 6.07) is 11.3. The smallest absolute Gasteiger partial charge is 0.224 e. The lowest BCUT2D eigenvalue weighted by Crippen LogP contribution is -2.27. The molecule has 0 radical (unpaired) electrons. The summed E-state index contributed by atoms with van der Waals surface area (Å²) in [5.41, 5.74) is 1.94. The van der Waals surface area contributed by atoms with Crippen LogP contribution in [0.3, 0.4) is 0 Å². The van der Waals surface area contributed by atoms with E-state index in [1.54, 1.807) is 27.4 Å². The van der Waals surface area contributed by atoms with Gasteiger partial charge in [0, 0.05) is 6.54 Å². The molecule has 0 aliphatic carbocycles. The summed E-state index contributed by atoms with van der Waals surface area (Å²) in [5.74, 6) is 2.63. The number of rotatable bonds is 10. The van der Waals surface area contributed by atoms with Crippen LogP contribution in [-0.4, -0.2) is 39.9 Å². The highest BCUT2D eigenvalue weighted by Gasteiger charge is 2.10. The highest BCUT2D eigenvalue weighted by atomic mass is 16.5. The summed E-state index contributed by atoms with van der Waals surface area (Å²) >= 11 is 0. The van der Waals surface area contributed by atoms with Crippen LogP contribution in [0.25, 0.3) is 0 Å². The molecule has 0 aliphatic rings. The molecule has 0 saturated heterocycles. The molecule has 2 aromatic carbocycles. The Kier molecular flexibility index (Phi) is 7.99. The number of benzene rings is 2. The second-order valence-electron chi connectivity index (χ2n) is 6.62. The Morgan fingerprint density at radius 2 is 1.43 bits per heavy atom. The molecule has 0 bridgehead atoms. The maximum Gasteiger partial charge on any atom is 0.224 e. The average molecular weight is 387 g/mol. The zero-order valence-electron chi connectivity index (χ0n) is 17.2. The summed E-state index contributed by atoms with van der Waals surface area (Å²) in [6.45, 7) is 4.49. The van der Waals surface area contributed by atoms with Gasteiger partial charge < -0.3 is 24.3 Å². The van der Waals surface area contributed by atoms with Gasteiger partial charge in [0.2, 0.25) is 5.91 Å². The lowest BCUT2D eigenvalue weighted by atomic mass is 10.1. The van der Waals surface area contributed by atoms with Crippen molar-refractivity contribution in [3.63, 3.8) is 0 Å². The van der Waals surface area contributed by atoms with Crippen molar-refractivity contribution in [2.75, 3.05) is 27.9 Å². The van der Waals surface area contributed by atoms with E-state index in [1.165, 1.54) is 0 Å². The number of methoxy groups -OCH3 is 3. The summed E-state index contributed by atoms with van der Waals surface area (Å²) in [7, 11) is 4.78. The first-order chi connectivity index (χ1) is 13.5. The minimum atomic E-state index is -0.0426. The molecule has 1 amide bonds. The monoisotopic (exact) mass is 387 g/mol. The fourth-order valence-corrected chi connectivity index (χ4v) is 2.80. The van der Waals surface area contributed by atoms with Crippen molar-refractivity contribution in [2.45, 2.75) is 32.8 Å². The molecular weight excluding hydrogens is 358 g/mol. The fourth-order valence-electron chi connectivity index (χ4n) is 2.80. The molecule has 0 saturated carbocycles. The van der Waals surface area contributed by atoms with E-state index in [1.807, 2.05) is 44.2 Å². The lowest BCUT2D eigenvalue weighted by molar-refractivity contribution is -0.120. The maximum atomic E-state index is 12.2. The van der Waals surface area contributed by atoms with Gasteiger partial charge in [-0.1, -0.05) is 12.1 Å². The third kappa shape index (κ3) is 6.08.